The molecule has 0 fully saturated rings. The van der Waals surface area contributed by atoms with E-state index in [4.69, 9.17) is 9.47 Å². The molecule has 0 saturated heterocycles. The first kappa shape index (κ1) is 17.9. The Morgan fingerprint density at radius 1 is 1.19 bits per heavy atom. The number of benzene rings is 2. The summed E-state index contributed by atoms with van der Waals surface area (Å²) in [4.78, 5) is 29.1. The van der Waals surface area contributed by atoms with Gasteiger partial charge in [-0.1, -0.05) is 15.9 Å². The third-order valence-electron chi connectivity index (χ3n) is 3.78. The minimum atomic E-state index is -0.369. The van der Waals surface area contributed by atoms with Gasteiger partial charge in [0.1, 0.15) is 18.0 Å². The SMILES string of the molecule is COc1ccc(NC(=O)Cn2cnc3ccc(Br)cc3c2=O)c(OC)c1. The van der Waals surface area contributed by atoms with Gasteiger partial charge in [-0.2, -0.15) is 0 Å². The fourth-order valence-corrected chi connectivity index (χ4v) is 2.85. The van der Waals surface area contributed by atoms with Crippen molar-refractivity contribution in [3.8, 4) is 11.5 Å². The smallest absolute Gasteiger partial charge is 0.261 e. The highest BCUT2D eigenvalue weighted by Gasteiger charge is 2.12. The maximum atomic E-state index is 12.6. The maximum Gasteiger partial charge on any atom is 0.261 e. The lowest BCUT2D eigenvalue weighted by molar-refractivity contribution is -0.116. The summed E-state index contributed by atoms with van der Waals surface area (Å²) in [6.07, 6.45) is 1.36. The van der Waals surface area contributed by atoms with Gasteiger partial charge >= 0.3 is 0 Å². The summed E-state index contributed by atoms with van der Waals surface area (Å²) in [5.74, 6) is 0.706. The predicted octanol–water partition coefficient (Wildman–Crippen LogP) is 2.81. The van der Waals surface area contributed by atoms with E-state index in [-0.39, 0.29) is 18.0 Å². The lowest BCUT2D eigenvalue weighted by atomic mass is 10.2. The van der Waals surface area contributed by atoms with Gasteiger partial charge in [-0.25, -0.2) is 4.98 Å². The molecule has 0 aliphatic heterocycles. The van der Waals surface area contributed by atoms with Crippen LogP contribution in [0.5, 0.6) is 11.5 Å². The van der Waals surface area contributed by atoms with Crippen LogP contribution in [0.3, 0.4) is 0 Å². The number of ether oxygens (including phenoxy) is 2. The summed E-state index contributed by atoms with van der Waals surface area (Å²) in [6, 6.07) is 10.3. The van der Waals surface area contributed by atoms with Crippen LogP contribution < -0.4 is 20.3 Å². The van der Waals surface area contributed by atoms with Crippen LogP contribution >= 0.6 is 15.9 Å². The van der Waals surface area contributed by atoms with Gasteiger partial charge < -0.3 is 14.8 Å². The van der Waals surface area contributed by atoms with Crippen LogP contribution in [0.25, 0.3) is 10.9 Å². The lowest BCUT2D eigenvalue weighted by Crippen LogP contribution is -2.28. The largest absolute Gasteiger partial charge is 0.497 e. The van der Waals surface area contributed by atoms with Crippen molar-refractivity contribution < 1.29 is 14.3 Å². The average molecular weight is 418 g/mol. The second-order valence-electron chi connectivity index (χ2n) is 5.45. The molecule has 1 N–H and O–H groups in total. The van der Waals surface area contributed by atoms with Crippen LogP contribution in [0.1, 0.15) is 0 Å². The molecule has 0 aliphatic rings. The molecule has 1 amide bonds. The van der Waals surface area contributed by atoms with Crippen LogP contribution in [-0.4, -0.2) is 29.7 Å². The molecular weight excluding hydrogens is 402 g/mol. The van der Waals surface area contributed by atoms with Gasteiger partial charge in [-0.3, -0.25) is 14.2 Å². The number of nitrogens with one attached hydrogen (secondary N) is 1. The first-order valence-electron chi connectivity index (χ1n) is 7.68. The van der Waals surface area contributed by atoms with Gasteiger partial charge in [0.15, 0.2) is 0 Å². The highest BCUT2D eigenvalue weighted by atomic mass is 79.9. The summed E-state index contributed by atoms with van der Waals surface area (Å²) < 4.78 is 12.4. The van der Waals surface area contributed by atoms with E-state index in [1.54, 1.807) is 37.4 Å². The molecule has 2 aromatic carbocycles. The third kappa shape index (κ3) is 3.70. The number of carbonyl (C=O) groups is 1. The zero-order valence-electron chi connectivity index (χ0n) is 14.2. The number of carbonyl (C=O) groups excluding carboxylic acids is 1. The molecule has 3 aromatic rings. The highest BCUT2D eigenvalue weighted by molar-refractivity contribution is 9.10. The quantitative estimate of drug-likeness (QED) is 0.689. The molecule has 0 saturated carbocycles. The number of fused-ring (bicyclic) bond motifs is 1. The Balaban J connectivity index is 1.84. The van der Waals surface area contributed by atoms with Gasteiger partial charge in [0, 0.05) is 10.5 Å². The van der Waals surface area contributed by atoms with Crippen molar-refractivity contribution in [2.45, 2.75) is 6.54 Å². The van der Waals surface area contributed by atoms with E-state index in [9.17, 15) is 9.59 Å². The molecule has 7 nitrogen and oxygen atoms in total. The molecule has 0 bridgehead atoms. The summed E-state index contributed by atoms with van der Waals surface area (Å²) in [5, 5.41) is 3.17. The number of nitrogens with zero attached hydrogens (tertiary/aromatic N) is 2. The molecule has 0 aliphatic carbocycles. The molecular formula is C18H16BrN3O4. The van der Waals surface area contributed by atoms with E-state index in [1.165, 1.54) is 18.0 Å². The van der Waals surface area contributed by atoms with Crippen LogP contribution in [0.15, 0.2) is 52.0 Å². The Kier molecular flexibility index (Phi) is 5.22. The maximum absolute atomic E-state index is 12.6. The summed E-state index contributed by atoms with van der Waals surface area (Å²) in [7, 11) is 3.05. The zero-order valence-corrected chi connectivity index (χ0v) is 15.7. The van der Waals surface area contributed by atoms with Gasteiger partial charge in [0.2, 0.25) is 5.91 Å². The van der Waals surface area contributed by atoms with Crippen molar-refractivity contribution in [2.24, 2.45) is 0 Å². The number of anilines is 1. The summed E-state index contributed by atoms with van der Waals surface area (Å²) in [5.41, 5.74) is 0.780. The van der Waals surface area contributed by atoms with E-state index in [0.717, 1.165) is 4.47 Å². The second kappa shape index (κ2) is 7.57. The molecule has 0 atom stereocenters. The zero-order chi connectivity index (χ0) is 18.7. The predicted molar refractivity (Wildman–Crippen MR) is 102 cm³/mol. The van der Waals surface area contributed by atoms with E-state index in [1.807, 2.05) is 6.07 Å². The highest BCUT2D eigenvalue weighted by Crippen LogP contribution is 2.28. The number of hydrogen-bond donors (Lipinski definition) is 1. The molecule has 1 aromatic heterocycles. The standard InChI is InChI=1S/C18H16BrN3O4/c1-25-12-4-6-15(16(8-12)26-2)21-17(23)9-22-10-20-14-5-3-11(19)7-13(14)18(22)24/h3-8,10H,9H2,1-2H3,(H,21,23). The van der Waals surface area contributed by atoms with Gasteiger partial charge in [-0.05, 0) is 30.3 Å². The van der Waals surface area contributed by atoms with Crippen molar-refractivity contribution in [3.05, 3.63) is 57.6 Å². The van der Waals surface area contributed by atoms with Crippen LogP contribution in [0.2, 0.25) is 0 Å². The Bertz CT molecular complexity index is 1030. The first-order valence-corrected chi connectivity index (χ1v) is 8.47. The molecule has 0 unspecified atom stereocenters. The van der Waals surface area contributed by atoms with Crippen LogP contribution in [0.4, 0.5) is 5.69 Å². The Morgan fingerprint density at radius 3 is 2.73 bits per heavy atom. The van der Waals surface area contributed by atoms with Crippen molar-refractivity contribution >= 4 is 38.4 Å². The monoisotopic (exact) mass is 417 g/mol. The Hall–Kier alpha value is -2.87. The van der Waals surface area contributed by atoms with Gasteiger partial charge in [0.05, 0.1) is 37.1 Å². The molecule has 0 radical (unpaired) electrons. The molecule has 0 spiro atoms. The minimum Gasteiger partial charge on any atom is -0.497 e. The van der Waals surface area contributed by atoms with Crippen molar-refractivity contribution in [1.29, 1.82) is 0 Å². The number of hydrogen-bond acceptors (Lipinski definition) is 5. The fraction of sp³-hybridized carbons (Fsp3) is 0.167. The minimum absolute atomic E-state index is 0.163. The Labute approximate surface area is 157 Å². The normalized spacial score (nSPS) is 10.6. The lowest BCUT2D eigenvalue weighted by Gasteiger charge is -2.12. The second-order valence-corrected chi connectivity index (χ2v) is 6.37. The first-order chi connectivity index (χ1) is 12.5. The van der Waals surface area contributed by atoms with E-state index >= 15 is 0 Å². The fourth-order valence-electron chi connectivity index (χ4n) is 2.49. The molecule has 1 heterocycles. The number of halogens is 1. The number of methoxy groups -OCH3 is 2. The molecule has 134 valence electrons. The van der Waals surface area contributed by atoms with Crippen molar-refractivity contribution in [2.75, 3.05) is 19.5 Å². The molecule has 26 heavy (non-hydrogen) atoms. The van der Waals surface area contributed by atoms with E-state index in [2.05, 4.69) is 26.2 Å². The van der Waals surface area contributed by atoms with Gasteiger partial charge in [-0.15, -0.1) is 0 Å². The molecule has 3 rings (SSSR count). The third-order valence-corrected chi connectivity index (χ3v) is 4.28. The summed E-state index contributed by atoms with van der Waals surface area (Å²) in [6.45, 7) is -0.163. The van der Waals surface area contributed by atoms with E-state index in [0.29, 0.717) is 28.1 Å². The number of amides is 1. The molecule has 8 heteroatoms. The van der Waals surface area contributed by atoms with Crippen molar-refractivity contribution in [3.63, 3.8) is 0 Å². The average Bonchev–Trinajstić information content (AvgIpc) is 2.64. The van der Waals surface area contributed by atoms with Crippen molar-refractivity contribution in [1.82, 2.24) is 9.55 Å². The topological polar surface area (TPSA) is 82.5 Å². The number of aromatic nitrogens is 2. The van der Waals surface area contributed by atoms with Crippen LogP contribution in [-0.2, 0) is 11.3 Å². The number of rotatable bonds is 5. The Morgan fingerprint density at radius 2 is 2.00 bits per heavy atom. The van der Waals surface area contributed by atoms with E-state index < -0.39 is 0 Å². The van der Waals surface area contributed by atoms with Crippen LogP contribution in [0, 0.1) is 0 Å². The summed E-state index contributed by atoms with van der Waals surface area (Å²) >= 11 is 3.33. The van der Waals surface area contributed by atoms with Gasteiger partial charge in [0.25, 0.3) is 5.56 Å².